The van der Waals surface area contributed by atoms with Gasteiger partial charge in [0.15, 0.2) is 11.5 Å². The number of benzene rings is 1. The largest absolute Gasteiger partial charge is 0.486 e. The second kappa shape index (κ2) is 6.75. The van der Waals surface area contributed by atoms with Crippen molar-refractivity contribution in [1.82, 2.24) is 5.32 Å². The average molecular weight is 296 g/mol. The van der Waals surface area contributed by atoms with Crippen LogP contribution < -0.4 is 20.1 Å². The van der Waals surface area contributed by atoms with Crippen molar-refractivity contribution >= 4 is 11.6 Å². The SMILES string of the molecule is CC(CO)(CO)NCC(=O)Nc1ccc2c(c1)OCCO2. The number of anilines is 1. The van der Waals surface area contributed by atoms with E-state index in [1.54, 1.807) is 25.1 Å². The molecule has 0 saturated carbocycles. The van der Waals surface area contributed by atoms with Crippen LogP contribution in [0.5, 0.6) is 11.5 Å². The van der Waals surface area contributed by atoms with Crippen molar-refractivity contribution in [2.24, 2.45) is 0 Å². The van der Waals surface area contributed by atoms with E-state index in [0.717, 1.165) is 0 Å². The first-order valence-electron chi connectivity index (χ1n) is 6.72. The number of hydrogen-bond acceptors (Lipinski definition) is 6. The van der Waals surface area contributed by atoms with E-state index in [9.17, 15) is 4.79 Å². The van der Waals surface area contributed by atoms with E-state index in [2.05, 4.69) is 10.6 Å². The van der Waals surface area contributed by atoms with Gasteiger partial charge in [0.25, 0.3) is 0 Å². The Hall–Kier alpha value is -1.83. The Labute approximate surface area is 122 Å². The predicted molar refractivity (Wildman–Crippen MR) is 76.6 cm³/mol. The minimum Gasteiger partial charge on any atom is -0.486 e. The Kier molecular flexibility index (Phi) is 5.00. The van der Waals surface area contributed by atoms with Gasteiger partial charge in [0.1, 0.15) is 13.2 Å². The molecule has 0 saturated heterocycles. The van der Waals surface area contributed by atoms with Gasteiger partial charge in [-0.15, -0.1) is 0 Å². The fourth-order valence-electron chi connectivity index (χ4n) is 1.78. The molecule has 1 aliphatic heterocycles. The van der Waals surface area contributed by atoms with Crippen molar-refractivity contribution in [3.8, 4) is 11.5 Å². The maximum atomic E-state index is 11.9. The first-order chi connectivity index (χ1) is 10.1. The summed E-state index contributed by atoms with van der Waals surface area (Å²) in [6.07, 6.45) is 0. The quantitative estimate of drug-likeness (QED) is 0.576. The minimum atomic E-state index is -0.885. The monoisotopic (exact) mass is 296 g/mol. The molecule has 1 aliphatic rings. The summed E-state index contributed by atoms with van der Waals surface area (Å²) in [5, 5.41) is 23.8. The number of carbonyl (C=O) groups excluding carboxylic acids is 1. The second-order valence-electron chi connectivity index (χ2n) is 5.14. The van der Waals surface area contributed by atoms with Crippen molar-refractivity contribution in [3.63, 3.8) is 0 Å². The molecule has 0 atom stereocenters. The maximum Gasteiger partial charge on any atom is 0.238 e. The number of carbonyl (C=O) groups is 1. The van der Waals surface area contributed by atoms with Crippen LogP contribution in [0.2, 0.25) is 0 Å². The highest BCUT2D eigenvalue weighted by Crippen LogP contribution is 2.32. The smallest absolute Gasteiger partial charge is 0.238 e. The van der Waals surface area contributed by atoms with Gasteiger partial charge in [-0.1, -0.05) is 0 Å². The zero-order valence-corrected chi connectivity index (χ0v) is 11.9. The lowest BCUT2D eigenvalue weighted by Gasteiger charge is -2.26. The third-order valence-corrected chi connectivity index (χ3v) is 3.20. The molecule has 0 radical (unpaired) electrons. The highest BCUT2D eigenvalue weighted by molar-refractivity contribution is 5.92. The summed E-state index contributed by atoms with van der Waals surface area (Å²) in [6, 6.07) is 5.16. The van der Waals surface area contributed by atoms with Gasteiger partial charge < -0.3 is 25.0 Å². The average Bonchev–Trinajstić information content (AvgIpc) is 2.52. The van der Waals surface area contributed by atoms with E-state index in [4.69, 9.17) is 19.7 Å². The number of fused-ring (bicyclic) bond motifs is 1. The molecule has 0 spiro atoms. The van der Waals surface area contributed by atoms with Gasteiger partial charge in [-0.25, -0.2) is 0 Å². The van der Waals surface area contributed by atoms with Crippen LogP contribution in [0, 0.1) is 0 Å². The summed E-state index contributed by atoms with van der Waals surface area (Å²) in [7, 11) is 0. The lowest BCUT2D eigenvalue weighted by Crippen LogP contribution is -2.51. The van der Waals surface area contributed by atoms with Crippen LogP contribution >= 0.6 is 0 Å². The van der Waals surface area contributed by atoms with Gasteiger partial charge in [0.2, 0.25) is 5.91 Å². The summed E-state index contributed by atoms with van der Waals surface area (Å²) in [6.45, 7) is 2.08. The highest BCUT2D eigenvalue weighted by Gasteiger charge is 2.22. The van der Waals surface area contributed by atoms with E-state index in [1.165, 1.54) is 0 Å². The third kappa shape index (κ3) is 4.07. The van der Waals surface area contributed by atoms with E-state index < -0.39 is 5.54 Å². The zero-order chi connectivity index (χ0) is 15.3. The Morgan fingerprint density at radius 2 is 1.90 bits per heavy atom. The van der Waals surface area contributed by atoms with Crippen LogP contribution in [0.1, 0.15) is 6.92 Å². The van der Waals surface area contributed by atoms with Crippen LogP contribution in [-0.4, -0.2) is 54.6 Å². The van der Waals surface area contributed by atoms with E-state index in [-0.39, 0.29) is 25.7 Å². The maximum absolute atomic E-state index is 11.9. The molecule has 1 aromatic carbocycles. The van der Waals surface area contributed by atoms with Crippen LogP contribution in [0.25, 0.3) is 0 Å². The van der Waals surface area contributed by atoms with Crippen molar-refractivity contribution in [2.45, 2.75) is 12.5 Å². The lowest BCUT2D eigenvalue weighted by molar-refractivity contribution is -0.115. The molecule has 7 heteroatoms. The van der Waals surface area contributed by atoms with Crippen molar-refractivity contribution in [2.75, 3.05) is 38.3 Å². The standard InChI is InChI=1S/C14H20N2O5/c1-14(8-17,9-18)15-7-13(19)16-10-2-3-11-12(6-10)21-5-4-20-11/h2-3,6,15,17-18H,4-5,7-9H2,1H3,(H,16,19). The van der Waals surface area contributed by atoms with Crippen molar-refractivity contribution in [1.29, 1.82) is 0 Å². The molecule has 0 unspecified atom stereocenters. The summed E-state index contributed by atoms with van der Waals surface area (Å²) in [4.78, 5) is 11.9. The Morgan fingerprint density at radius 3 is 2.57 bits per heavy atom. The summed E-state index contributed by atoms with van der Waals surface area (Å²) >= 11 is 0. The van der Waals surface area contributed by atoms with Crippen molar-refractivity contribution in [3.05, 3.63) is 18.2 Å². The normalized spacial score (nSPS) is 13.9. The van der Waals surface area contributed by atoms with Gasteiger partial charge in [-0.05, 0) is 19.1 Å². The van der Waals surface area contributed by atoms with Crippen LogP contribution in [0.15, 0.2) is 18.2 Å². The molecular formula is C14H20N2O5. The molecule has 116 valence electrons. The molecule has 1 amide bonds. The minimum absolute atomic E-state index is 0.0218. The number of aliphatic hydroxyl groups excluding tert-OH is 2. The Morgan fingerprint density at radius 1 is 1.24 bits per heavy atom. The van der Waals surface area contributed by atoms with Crippen molar-refractivity contribution < 1.29 is 24.5 Å². The molecule has 0 aliphatic carbocycles. The molecule has 1 aromatic rings. The van der Waals surface area contributed by atoms with Crippen LogP contribution in [0.4, 0.5) is 5.69 Å². The predicted octanol–water partition coefficient (Wildman–Crippen LogP) is -0.271. The Bertz CT molecular complexity index is 502. The number of amides is 1. The molecule has 7 nitrogen and oxygen atoms in total. The van der Waals surface area contributed by atoms with Gasteiger partial charge in [0.05, 0.1) is 25.3 Å². The lowest BCUT2D eigenvalue weighted by atomic mass is 10.1. The van der Waals surface area contributed by atoms with E-state index in [1.807, 2.05) is 0 Å². The number of rotatable bonds is 6. The molecule has 1 heterocycles. The zero-order valence-electron chi connectivity index (χ0n) is 11.9. The van der Waals surface area contributed by atoms with Gasteiger partial charge in [-0.2, -0.15) is 0 Å². The van der Waals surface area contributed by atoms with Gasteiger partial charge >= 0.3 is 0 Å². The summed E-state index contributed by atoms with van der Waals surface area (Å²) < 4.78 is 10.8. The molecule has 0 fully saturated rings. The summed E-state index contributed by atoms with van der Waals surface area (Å²) in [5.41, 5.74) is -0.287. The molecule has 0 aromatic heterocycles. The third-order valence-electron chi connectivity index (χ3n) is 3.20. The van der Waals surface area contributed by atoms with Crippen LogP contribution in [0.3, 0.4) is 0 Å². The number of ether oxygens (including phenoxy) is 2. The van der Waals surface area contributed by atoms with Crippen LogP contribution in [-0.2, 0) is 4.79 Å². The second-order valence-corrected chi connectivity index (χ2v) is 5.14. The van der Waals surface area contributed by atoms with E-state index in [0.29, 0.717) is 30.4 Å². The highest BCUT2D eigenvalue weighted by atomic mass is 16.6. The number of hydrogen-bond donors (Lipinski definition) is 4. The fraction of sp³-hybridized carbons (Fsp3) is 0.500. The molecular weight excluding hydrogens is 276 g/mol. The van der Waals surface area contributed by atoms with E-state index >= 15 is 0 Å². The first-order valence-corrected chi connectivity index (χ1v) is 6.72. The van der Waals surface area contributed by atoms with Gasteiger partial charge in [0, 0.05) is 11.8 Å². The number of nitrogens with one attached hydrogen (secondary N) is 2. The number of aliphatic hydroxyl groups is 2. The molecule has 2 rings (SSSR count). The molecule has 0 bridgehead atoms. The van der Waals surface area contributed by atoms with Gasteiger partial charge in [-0.3, -0.25) is 10.1 Å². The Balaban J connectivity index is 1.91. The fourth-order valence-corrected chi connectivity index (χ4v) is 1.78. The first kappa shape index (κ1) is 15.6. The molecule has 21 heavy (non-hydrogen) atoms. The molecule has 4 N–H and O–H groups in total. The summed E-state index contributed by atoms with van der Waals surface area (Å²) in [5.74, 6) is 0.980. The topological polar surface area (TPSA) is 100 Å².